The van der Waals surface area contributed by atoms with Crippen LogP contribution in [0, 0.1) is 0 Å². The maximum Gasteiger partial charge on any atom is 0.266 e. The number of hydrogen-bond donors (Lipinski definition) is 0. The lowest BCUT2D eigenvalue weighted by molar-refractivity contribution is -0.122. The van der Waals surface area contributed by atoms with Gasteiger partial charge in [-0.3, -0.25) is 9.69 Å². The number of thioether (sulfide) groups is 1. The fourth-order valence-corrected chi connectivity index (χ4v) is 4.56. The van der Waals surface area contributed by atoms with Crippen LogP contribution in [0.3, 0.4) is 0 Å². The lowest BCUT2D eigenvalue weighted by atomic mass is 10.1. The number of rotatable bonds is 8. The van der Waals surface area contributed by atoms with Gasteiger partial charge in [0.15, 0.2) is 11.5 Å². The summed E-state index contributed by atoms with van der Waals surface area (Å²) in [4.78, 5) is 14.9. The Labute approximate surface area is 200 Å². The van der Waals surface area contributed by atoms with Gasteiger partial charge in [0, 0.05) is 10.6 Å². The third kappa shape index (κ3) is 5.18. The molecule has 0 atom stereocenters. The minimum absolute atomic E-state index is 0.145. The lowest BCUT2D eigenvalue weighted by Gasteiger charge is -2.13. The molecular weight excluding hydrogens is 466 g/mol. The van der Waals surface area contributed by atoms with E-state index in [4.69, 9.17) is 37.7 Å². The first-order valence-corrected chi connectivity index (χ1v) is 11.6. The van der Waals surface area contributed by atoms with Crippen LogP contribution in [0.2, 0.25) is 5.02 Å². The van der Waals surface area contributed by atoms with Crippen molar-refractivity contribution in [1.29, 1.82) is 0 Å². The first kappa shape index (κ1) is 22.5. The Kier molecular flexibility index (Phi) is 7.19. The van der Waals surface area contributed by atoms with Gasteiger partial charge < -0.3 is 13.9 Å². The lowest BCUT2D eigenvalue weighted by Crippen LogP contribution is -2.27. The average Bonchev–Trinajstić information content (AvgIpc) is 3.39. The van der Waals surface area contributed by atoms with Gasteiger partial charge in [0.05, 0.1) is 24.3 Å². The van der Waals surface area contributed by atoms with Crippen LogP contribution in [0.5, 0.6) is 11.5 Å². The van der Waals surface area contributed by atoms with Crippen molar-refractivity contribution in [1.82, 2.24) is 4.90 Å². The number of carbonyl (C=O) groups excluding carboxylic acids is 1. The molecule has 32 heavy (non-hydrogen) atoms. The molecule has 1 aliphatic heterocycles. The number of ether oxygens (including phenoxy) is 2. The van der Waals surface area contributed by atoms with Crippen molar-refractivity contribution in [3.05, 3.63) is 87.7 Å². The van der Waals surface area contributed by atoms with Gasteiger partial charge in [0.25, 0.3) is 5.91 Å². The molecule has 0 aliphatic carbocycles. The summed E-state index contributed by atoms with van der Waals surface area (Å²) in [5.41, 5.74) is 1.71. The average molecular weight is 486 g/mol. The molecule has 2 heterocycles. The Bertz CT molecular complexity index is 1160. The number of benzene rings is 2. The van der Waals surface area contributed by atoms with E-state index in [0.29, 0.717) is 51.3 Å². The Morgan fingerprint density at radius 2 is 1.97 bits per heavy atom. The van der Waals surface area contributed by atoms with E-state index < -0.39 is 0 Å². The van der Waals surface area contributed by atoms with Gasteiger partial charge in [0.2, 0.25) is 0 Å². The zero-order valence-electron chi connectivity index (χ0n) is 17.2. The quantitative estimate of drug-likeness (QED) is 0.275. The molecule has 0 saturated carbocycles. The molecule has 0 bridgehead atoms. The molecule has 4 rings (SSSR count). The van der Waals surface area contributed by atoms with E-state index in [0.717, 1.165) is 11.1 Å². The molecule has 1 saturated heterocycles. The summed E-state index contributed by atoms with van der Waals surface area (Å²) in [7, 11) is 0. The molecule has 3 aromatic rings. The predicted octanol–water partition coefficient (Wildman–Crippen LogP) is 6.31. The van der Waals surface area contributed by atoms with E-state index >= 15 is 0 Å². The molecule has 1 aromatic heterocycles. The van der Waals surface area contributed by atoms with Gasteiger partial charge in [-0.15, -0.1) is 0 Å². The van der Waals surface area contributed by atoms with Crippen molar-refractivity contribution in [2.45, 2.75) is 20.1 Å². The monoisotopic (exact) mass is 485 g/mol. The molecule has 8 heteroatoms. The van der Waals surface area contributed by atoms with Crippen LogP contribution in [-0.2, 0) is 17.9 Å². The minimum atomic E-state index is -0.145. The largest absolute Gasteiger partial charge is 0.490 e. The molecule has 1 fully saturated rings. The molecule has 1 aliphatic rings. The third-order valence-electron chi connectivity index (χ3n) is 4.67. The van der Waals surface area contributed by atoms with Gasteiger partial charge >= 0.3 is 0 Å². The minimum Gasteiger partial charge on any atom is -0.490 e. The summed E-state index contributed by atoms with van der Waals surface area (Å²) >= 11 is 12.9. The highest BCUT2D eigenvalue weighted by Crippen LogP contribution is 2.36. The Hall–Kier alpha value is -2.74. The van der Waals surface area contributed by atoms with Crippen molar-refractivity contribution in [3.8, 4) is 11.5 Å². The molecule has 2 aromatic carbocycles. The van der Waals surface area contributed by atoms with Crippen LogP contribution in [-0.4, -0.2) is 21.7 Å². The molecule has 1 amide bonds. The summed E-state index contributed by atoms with van der Waals surface area (Å²) in [5.74, 6) is 1.74. The molecule has 0 radical (unpaired) electrons. The number of furan rings is 1. The fourth-order valence-electron chi connectivity index (χ4n) is 3.12. The SMILES string of the molecule is CCOc1cc(C=C2SC(=S)N(Cc3ccco3)C2=O)ccc1OCc1ccccc1Cl. The molecular formula is C24H20ClNO4S2. The smallest absolute Gasteiger partial charge is 0.266 e. The highest BCUT2D eigenvalue weighted by molar-refractivity contribution is 8.26. The van der Waals surface area contributed by atoms with Gasteiger partial charge in [-0.05, 0) is 48.9 Å². The number of amides is 1. The molecule has 164 valence electrons. The van der Waals surface area contributed by atoms with E-state index in [1.807, 2.05) is 61.5 Å². The number of nitrogens with zero attached hydrogens (tertiary/aromatic N) is 1. The summed E-state index contributed by atoms with van der Waals surface area (Å²) in [5, 5.41) is 0.652. The molecule has 5 nitrogen and oxygen atoms in total. The molecule has 0 N–H and O–H groups in total. The van der Waals surface area contributed by atoms with Gasteiger partial charge in [-0.2, -0.15) is 0 Å². The van der Waals surface area contributed by atoms with Crippen LogP contribution < -0.4 is 9.47 Å². The van der Waals surface area contributed by atoms with Crippen molar-refractivity contribution >= 4 is 51.9 Å². The highest BCUT2D eigenvalue weighted by atomic mass is 35.5. The van der Waals surface area contributed by atoms with Gasteiger partial charge in [-0.25, -0.2) is 0 Å². The molecule has 0 unspecified atom stereocenters. The Balaban J connectivity index is 1.51. The van der Waals surface area contributed by atoms with Crippen LogP contribution in [0.25, 0.3) is 6.08 Å². The van der Waals surface area contributed by atoms with E-state index in [2.05, 4.69) is 0 Å². The zero-order valence-corrected chi connectivity index (χ0v) is 19.6. The van der Waals surface area contributed by atoms with Gasteiger partial charge in [-0.1, -0.05) is 59.8 Å². The van der Waals surface area contributed by atoms with E-state index in [1.165, 1.54) is 16.7 Å². The number of thiocarbonyl (C=S) groups is 1. The first-order chi connectivity index (χ1) is 15.5. The van der Waals surface area contributed by atoms with E-state index in [9.17, 15) is 4.79 Å². The van der Waals surface area contributed by atoms with Crippen LogP contribution >= 0.6 is 35.6 Å². The maximum atomic E-state index is 12.9. The van der Waals surface area contributed by atoms with Crippen molar-refractivity contribution in [3.63, 3.8) is 0 Å². The second kappa shape index (κ2) is 10.3. The second-order valence-electron chi connectivity index (χ2n) is 6.87. The Morgan fingerprint density at radius 1 is 1.12 bits per heavy atom. The summed E-state index contributed by atoms with van der Waals surface area (Å²) in [6.07, 6.45) is 3.38. The van der Waals surface area contributed by atoms with Crippen LogP contribution in [0.4, 0.5) is 0 Å². The Morgan fingerprint density at radius 3 is 2.72 bits per heavy atom. The molecule has 0 spiro atoms. The first-order valence-electron chi connectivity index (χ1n) is 9.96. The highest BCUT2D eigenvalue weighted by Gasteiger charge is 2.32. The van der Waals surface area contributed by atoms with Gasteiger partial charge in [0.1, 0.15) is 16.7 Å². The van der Waals surface area contributed by atoms with Crippen molar-refractivity contribution in [2.24, 2.45) is 0 Å². The van der Waals surface area contributed by atoms with E-state index in [-0.39, 0.29) is 5.91 Å². The summed E-state index contributed by atoms with van der Waals surface area (Å²) in [6.45, 7) is 3.03. The van der Waals surface area contributed by atoms with Crippen LogP contribution in [0.15, 0.2) is 70.2 Å². The van der Waals surface area contributed by atoms with Crippen molar-refractivity contribution < 1.29 is 18.7 Å². The number of carbonyl (C=O) groups is 1. The van der Waals surface area contributed by atoms with Crippen molar-refractivity contribution in [2.75, 3.05) is 6.61 Å². The normalized spacial score (nSPS) is 14.9. The fraction of sp³-hybridized carbons (Fsp3) is 0.167. The second-order valence-corrected chi connectivity index (χ2v) is 8.95. The number of hydrogen-bond acceptors (Lipinski definition) is 6. The third-order valence-corrected chi connectivity index (χ3v) is 6.42. The summed E-state index contributed by atoms with van der Waals surface area (Å²) in [6, 6.07) is 16.7. The maximum absolute atomic E-state index is 12.9. The zero-order chi connectivity index (χ0) is 22.5. The predicted molar refractivity (Wildman–Crippen MR) is 131 cm³/mol. The van der Waals surface area contributed by atoms with E-state index in [1.54, 1.807) is 12.3 Å². The van der Waals surface area contributed by atoms with Crippen LogP contribution in [0.1, 0.15) is 23.8 Å². The topological polar surface area (TPSA) is 51.9 Å². The standard InChI is InChI=1S/C24H20ClNO4S2/c1-2-28-21-12-16(9-10-20(21)30-15-17-6-3-4-8-19(17)25)13-22-23(27)26(24(31)32-22)14-18-7-5-11-29-18/h3-13H,2,14-15H2,1H3. The summed E-state index contributed by atoms with van der Waals surface area (Å²) < 4.78 is 17.6. The number of halogens is 1.